The maximum Gasteiger partial charge on any atom is 0.270 e. The summed E-state index contributed by atoms with van der Waals surface area (Å²) in [5.74, 6) is 0.0470. The van der Waals surface area contributed by atoms with E-state index in [4.69, 9.17) is 0 Å². The van der Waals surface area contributed by atoms with E-state index in [2.05, 4.69) is 5.32 Å². The fourth-order valence-corrected chi connectivity index (χ4v) is 1.78. The number of nitro groups is 1. The van der Waals surface area contributed by atoms with Gasteiger partial charge in [0.15, 0.2) is 0 Å². The van der Waals surface area contributed by atoms with Crippen molar-refractivity contribution >= 4 is 11.4 Å². The Kier molecular flexibility index (Phi) is 3.66. The number of nitro benzene ring substituents is 1. The Bertz CT molecular complexity index is 611. The number of nitrogens with one attached hydrogen (secondary N) is 1. The third-order valence-corrected chi connectivity index (χ3v) is 2.77. The van der Waals surface area contributed by atoms with Crippen molar-refractivity contribution < 1.29 is 10.0 Å². The predicted molar refractivity (Wildman–Crippen MR) is 73.3 cm³/mol. The fourth-order valence-electron chi connectivity index (χ4n) is 1.78. The number of phenols is 1. The van der Waals surface area contributed by atoms with Crippen LogP contribution < -0.4 is 5.32 Å². The van der Waals surface area contributed by atoms with E-state index in [1.54, 1.807) is 0 Å². The van der Waals surface area contributed by atoms with Crippen LogP contribution in [0.25, 0.3) is 0 Å². The topological polar surface area (TPSA) is 75.4 Å². The largest absolute Gasteiger partial charge is 0.508 e. The molecule has 5 heteroatoms. The molecule has 0 heterocycles. The molecule has 2 aromatic rings. The van der Waals surface area contributed by atoms with Gasteiger partial charge in [-0.2, -0.15) is 0 Å². The van der Waals surface area contributed by atoms with Crippen molar-refractivity contribution in [1.82, 2.24) is 0 Å². The highest BCUT2D eigenvalue weighted by Gasteiger charge is 2.09. The van der Waals surface area contributed by atoms with Gasteiger partial charge in [-0.15, -0.1) is 0 Å². The zero-order valence-electron chi connectivity index (χ0n) is 10.5. The molecule has 0 amide bonds. The molecule has 0 aromatic heterocycles. The Hall–Kier alpha value is -2.56. The highest BCUT2D eigenvalue weighted by atomic mass is 16.6. The third-order valence-electron chi connectivity index (χ3n) is 2.77. The van der Waals surface area contributed by atoms with Crippen LogP contribution in [-0.2, 0) is 6.54 Å². The molecule has 98 valence electrons. The molecule has 0 spiro atoms. The summed E-state index contributed by atoms with van der Waals surface area (Å²) in [6.45, 7) is 2.31. The average molecular weight is 258 g/mol. The van der Waals surface area contributed by atoms with Crippen LogP contribution >= 0.6 is 0 Å². The lowest BCUT2D eigenvalue weighted by Crippen LogP contribution is -2.00. The lowest BCUT2D eigenvalue weighted by atomic mass is 10.1. The van der Waals surface area contributed by atoms with Crippen molar-refractivity contribution in [1.29, 1.82) is 0 Å². The normalized spacial score (nSPS) is 10.2. The zero-order chi connectivity index (χ0) is 13.8. The van der Waals surface area contributed by atoms with E-state index in [-0.39, 0.29) is 11.4 Å². The Morgan fingerprint density at radius 1 is 1.26 bits per heavy atom. The molecule has 5 nitrogen and oxygen atoms in total. The second-order valence-corrected chi connectivity index (χ2v) is 4.29. The number of anilines is 1. The molecular formula is C14H14N2O3. The molecule has 0 saturated heterocycles. The Labute approximate surface area is 110 Å². The standard InChI is InChI=1S/C14H14N2O3/c1-10-3-2-4-12(7-10)15-9-11-8-13(16(18)19)5-6-14(11)17/h2-8,15,17H,9H2,1H3. The number of hydrogen-bond donors (Lipinski definition) is 2. The quantitative estimate of drug-likeness (QED) is 0.652. The molecule has 0 fully saturated rings. The molecule has 0 aliphatic carbocycles. The van der Waals surface area contributed by atoms with Gasteiger partial charge in [-0.3, -0.25) is 10.1 Å². The van der Waals surface area contributed by atoms with Crippen molar-refractivity contribution in [2.24, 2.45) is 0 Å². The summed E-state index contributed by atoms with van der Waals surface area (Å²) in [4.78, 5) is 10.2. The molecule has 0 saturated carbocycles. The first-order chi connectivity index (χ1) is 9.06. The number of phenolic OH excluding ortho intramolecular Hbond substituents is 1. The van der Waals surface area contributed by atoms with Gasteiger partial charge in [0, 0.05) is 29.9 Å². The van der Waals surface area contributed by atoms with Crippen LogP contribution in [0.1, 0.15) is 11.1 Å². The number of non-ortho nitro benzene ring substituents is 1. The van der Waals surface area contributed by atoms with Crippen molar-refractivity contribution in [3.63, 3.8) is 0 Å². The highest BCUT2D eigenvalue weighted by Crippen LogP contribution is 2.24. The van der Waals surface area contributed by atoms with Crippen LogP contribution in [0, 0.1) is 17.0 Å². The van der Waals surface area contributed by atoms with E-state index < -0.39 is 4.92 Å². The molecule has 2 aromatic carbocycles. The van der Waals surface area contributed by atoms with Gasteiger partial charge in [-0.25, -0.2) is 0 Å². The first-order valence-corrected chi connectivity index (χ1v) is 5.83. The molecule has 0 aliphatic rings. The summed E-state index contributed by atoms with van der Waals surface area (Å²) in [5, 5.41) is 23.5. The van der Waals surface area contributed by atoms with E-state index in [0.29, 0.717) is 12.1 Å². The van der Waals surface area contributed by atoms with Crippen molar-refractivity contribution in [3.05, 3.63) is 63.7 Å². The first-order valence-electron chi connectivity index (χ1n) is 5.83. The zero-order valence-corrected chi connectivity index (χ0v) is 10.5. The number of benzene rings is 2. The lowest BCUT2D eigenvalue weighted by Gasteiger charge is -2.08. The number of aromatic hydroxyl groups is 1. The summed E-state index contributed by atoms with van der Waals surface area (Å²) in [5.41, 5.74) is 2.49. The smallest absolute Gasteiger partial charge is 0.270 e. The summed E-state index contributed by atoms with van der Waals surface area (Å²) in [6.07, 6.45) is 0. The highest BCUT2D eigenvalue weighted by molar-refractivity contribution is 5.49. The number of nitrogens with zero attached hydrogens (tertiary/aromatic N) is 1. The molecule has 2 rings (SSSR count). The molecule has 0 aliphatic heterocycles. The van der Waals surface area contributed by atoms with Gasteiger partial charge in [0.05, 0.1) is 4.92 Å². The number of aryl methyl sites for hydroxylation is 1. The number of hydrogen-bond acceptors (Lipinski definition) is 4. The van der Waals surface area contributed by atoms with Gasteiger partial charge < -0.3 is 10.4 Å². The Morgan fingerprint density at radius 3 is 2.74 bits per heavy atom. The predicted octanol–water partition coefficient (Wildman–Crippen LogP) is 3.22. The van der Waals surface area contributed by atoms with Crippen LogP contribution in [-0.4, -0.2) is 10.0 Å². The molecule has 0 bridgehead atoms. The first kappa shape index (κ1) is 12.9. The molecule has 2 N–H and O–H groups in total. The van der Waals surface area contributed by atoms with Crippen molar-refractivity contribution in [2.45, 2.75) is 13.5 Å². The van der Waals surface area contributed by atoms with Crippen LogP contribution in [0.5, 0.6) is 5.75 Å². The van der Waals surface area contributed by atoms with Gasteiger partial charge in [-0.1, -0.05) is 12.1 Å². The van der Waals surface area contributed by atoms with Gasteiger partial charge in [-0.05, 0) is 30.7 Å². The Balaban J connectivity index is 2.15. The van der Waals surface area contributed by atoms with E-state index in [1.165, 1.54) is 18.2 Å². The lowest BCUT2D eigenvalue weighted by molar-refractivity contribution is -0.384. The average Bonchev–Trinajstić information content (AvgIpc) is 2.37. The van der Waals surface area contributed by atoms with E-state index >= 15 is 0 Å². The van der Waals surface area contributed by atoms with Gasteiger partial charge in [0.2, 0.25) is 0 Å². The summed E-state index contributed by atoms with van der Waals surface area (Å²) in [6, 6.07) is 11.8. The molecule has 0 radical (unpaired) electrons. The molecule has 0 unspecified atom stereocenters. The fraction of sp³-hybridized carbons (Fsp3) is 0.143. The van der Waals surface area contributed by atoms with E-state index in [1.807, 2.05) is 31.2 Å². The van der Waals surface area contributed by atoms with Crippen LogP contribution in [0.3, 0.4) is 0 Å². The molecular weight excluding hydrogens is 244 g/mol. The second-order valence-electron chi connectivity index (χ2n) is 4.29. The van der Waals surface area contributed by atoms with Gasteiger partial charge >= 0.3 is 0 Å². The molecule has 0 atom stereocenters. The molecule has 19 heavy (non-hydrogen) atoms. The monoisotopic (exact) mass is 258 g/mol. The summed E-state index contributed by atoms with van der Waals surface area (Å²) >= 11 is 0. The van der Waals surface area contributed by atoms with Crippen LogP contribution in [0.4, 0.5) is 11.4 Å². The summed E-state index contributed by atoms with van der Waals surface area (Å²) in [7, 11) is 0. The van der Waals surface area contributed by atoms with Gasteiger partial charge in [0.1, 0.15) is 5.75 Å². The van der Waals surface area contributed by atoms with E-state index in [9.17, 15) is 15.2 Å². The van der Waals surface area contributed by atoms with Crippen molar-refractivity contribution in [3.8, 4) is 5.75 Å². The third kappa shape index (κ3) is 3.22. The van der Waals surface area contributed by atoms with Gasteiger partial charge in [0.25, 0.3) is 5.69 Å². The van der Waals surface area contributed by atoms with Crippen LogP contribution in [0.15, 0.2) is 42.5 Å². The maximum absolute atomic E-state index is 10.7. The SMILES string of the molecule is Cc1cccc(NCc2cc([N+](=O)[O-])ccc2O)c1. The maximum atomic E-state index is 10.7. The minimum atomic E-state index is -0.477. The van der Waals surface area contributed by atoms with Crippen LogP contribution in [0.2, 0.25) is 0 Å². The minimum absolute atomic E-state index is 0.0288. The van der Waals surface area contributed by atoms with E-state index in [0.717, 1.165) is 11.3 Å². The second kappa shape index (κ2) is 5.39. The Morgan fingerprint density at radius 2 is 2.05 bits per heavy atom. The minimum Gasteiger partial charge on any atom is -0.508 e. The number of rotatable bonds is 4. The summed E-state index contributed by atoms with van der Waals surface area (Å²) < 4.78 is 0. The van der Waals surface area contributed by atoms with Crippen molar-refractivity contribution in [2.75, 3.05) is 5.32 Å².